The average molecular weight is 390 g/mol. The van der Waals surface area contributed by atoms with Gasteiger partial charge in [-0.15, -0.1) is 0 Å². The van der Waals surface area contributed by atoms with Crippen LogP contribution in [0.5, 0.6) is 0 Å². The van der Waals surface area contributed by atoms with Crippen molar-refractivity contribution in [2.24, 2.45) is 11.0 Å². The monoisotopic (exact) mass is 389 g/mol. The Balaban J connectivity index is 1.41. The van der Waals surface area contributed by atoms with Crippen molar-refractivity contribution in [1.82, 2.24) is 5.01 Å². The number of nitrogens with zero attached hydrogens (tertiary/aromatic N) is 3. The largest absolute Gasteiger partial charge is 0.375 e. The number of aryl methyl sites for hydroxylation is 2. The highest BCUT2D eigenvalue weighted by molar-refractivity contribution is 6.03. The molecule has 1 atom stereocenters. The number of hydrogen-bond acceptors (Lipinski definition) is 3. The van der Waals surface area contributed by atoms with Crippen LogP contribution >= 0.6 is 0 Å². The fraction of sp³-hybridized carbons (Fsp3) is 0.440. The molecule has 0 bridgehead atoms. The Hall–Kier alpha value is -2.62. The quantitative estimate of drug-likeness (QED) is 0.673. The summed E-state index contributed by atoms with van der Waals surface area (Å²) in [5, 5.41) is 6.65. The van der Waals surface area contributed by atoms with Crippen molar-refractivity contribution in [3.63, 3.8) is 0 Å². The van der Waals surface area contributed by atoms with Gasteiger partial charge in [0.2, 0.25) is 5.91 Å². The number of carbonyl (C=O) groups excluding carboxylic acids is 1. The molecular weight excluding hydrogens is 358 g/mol. The summed E-state index contributed by atoms with van der Waals surface area (Å²) >= 11 is 0. The first-order chi connectivity index (χ1) is 14.0. The van der Waals surface area contributed by atoms with Crippen molar-refractivity contribution < 1.29 is 4.79 Å². The fourth-order valence-electron chi connectivity index (χ4n) is 4.33. The second-order valence-corrected chi connectivity index (χ2v) is 8.63. The van der Waals surface area contributed by atoms with Gasteiger partial charge >= 0.3 is 0 Å². The summed E-state index contributed by atoms with van der Waals surface area (Å²) in [4.78, 5) is 15.2. The zero-order valence-electron chi connectivity index (χ0n) is 17.8. The molecule has 0 saturated heterocycles. The lowest BCUT2D eigenvalue weighted by Gasteiger charge is -2.23. The van der Waals surface area contributed by atoms with E-state index in [-0.39, 0.29) is 11.9 Å². The highest BCUT2D eigenvalue weighted by atomic mass is 16.2. The van der Waals surface area contributed by atoms with Crippen LogP contribution in [0.25, 0.3) is 0 Å². The molecule has 0 aromatic heterocycles. The van der Waals surface area contributed by atoms with Crippen molar-refractivity contribution >= 4 is 17.3 Å². The molecule has 29 heavy (non-hydrogen) atoms. The lowest BCUT2D eigenvalue weighted by Crippen LogP contribution is -2.34. The summed E-state index contributed by atoms with van der Waals surface area (Å²) in [7, 11) is 2.08. The van der Waals surface area contributed by atoms with Gasteiger partial charge in [0.05, 0.1) is 11.8 Å². The van der Waals surface area contributed by atoms with E-state index in [9.17, 15) is 4.79 Å². The molecule has 1 amide bonds. The first kappa shape index (κ1) is 19.7. The third kappa shape index (κ3) is 4.69. The standard InChI is InChI=1S/C25H31N3O/c1-18-14-19(2)16-21(15-18)23-17-24(20-11-12-20)28(26-23)25(29)10-7-13-27(3)22-8-5-4-6-9-22/h4-6,8-9,14-16,20,24H,7,10-13,17H2,1-3H3. The van der Waals surface area contributed by atoms with E-state index in [1.807, 2.05) is 23.2 Å². The molecular formula is C25H31N3O. The number of hydrazone groups is 1. The summed E-state index contributed by atoms with van der Waals surface area (Å²) in [6, 6.07) is 17.1. The lowest BCUT2D eigenvalue weighted by atomic mass is 9.98. The van der Waals surface area contributed by atoms with Crippen molar-refractivity contribution in [3.05, 3.63) is 65.2 Å². The van der Waals surface area contributed by atoms with Crippen molar-refractivity contribution in [3.8, 4) is 0 Å². The summed E-state index contributed by atoms with van der Waals surface area (Å²) in [6.45, 7) is 5.11. The minimum atomic E-state index is 0.169. The molecule has 4 nitrogen and oxygen atoms in total. The zero-order chi connectivity index (χ0) is 20.4. The van der Waals surface area contributed by atoms with Gasteiger partial charge in [-0.3, -0.25) is 4.79 Å². The Labute approximate surface area is 174 Å². The molecule has 1 unspecified atom stereocenters. The molecule has 0 spiro atoms. The molecule has 1 fully saturated rings. The van der Waals surface area contributed by atoms with Gasteiger partial charge < -0.3 is 4.90 Å². The van der Waals surface area contributed by atoms with Crippen molar-refractivity contribution in [2.45, 2.75) is 52.0 Å². The van der Waals surface area contributed by atoms with E-state index in [2.05, 4.69) is 56.1 Å². The van der Waals surface area contributed by atoms with Crippen LogP contribution in [0, 0.1) is 19.8 Å². The second kappa shape index (κ2) is 8.40. The maximum atomic E-state index is 13.0. The van der Waals surface area contributed by atoms with Crippen LogP contribution in [0.2, 0.25) is 0 Å². The first-order valence-electron chi connectivity index (χ1n) is 10.8. The Morgan fingerprint density at radius 1 is 1.10 bits per heavy atom. The maximum absolute atomic E-state index is 13.0. The van der Waals surface area contributed by atoms with E-state index in [1.165, 1.54) is 35.2 Å². The van der Waals surface area contributed by atoms with E-state index in [4.69, 9.17) is 5.10 Å². The molecule has 1 heterocycles. The Morgan fingerprint density at radius 2 is 1.79 bits per heavy atom. The number of para-hydroxylation sites is 1. The smallest absolute Gasteiger partial charge is 0.243 e. The number of carbonyl (C=O) groups is 1. The minimum Gasteiger partial charge on any atom is -0.375 e. The third-order valence-electron chi connectivity index (χ3n) is 6.00. The molecule has 1 aliphatic heterocycles. The average Bonchev–Trinajstić information content (AvgIpc) is 3.45. The second-order valence-electron chi connectivity index (χ2n) is 8.63. The number of hydrogen-bond donors (Lipinski definition) is 0. The number of rotatable bonds is 7. The SMILES string of the molecule is Cc1cc(C)cc(C2=NN(C(=O)CCCN(C)c3ccccc3)C(C3CC3)C2)c1. The van der Waals surface area contributed by atoms with E-state index >= 15 is 0 Å². The maximum Gasteiger partial charge on any atom is 0.243 e. The van der Waals surface area contributed by atoms with E-state index < -0.39 is 0 Å². The van der Waals surface area contributed by atoms with Gasteiger partial charge in [0.1, 0.15) is 0 Å². The van der Waals surface area contributed by atoms with E-state index in [0.717, 1.165) is 25.1 Å². The van der Waals surface area contributed by atoms with Gasteiger partial charge in [0.25, 0.3) is 0 Å². The summed E-state index contributed by atoms with van der Waals surface area (Å²) in [5.41, 5.74) is 5.93. The molecule has 2 aliphatic rings. The van der Waals surface area contributed by atoms with Crippen LogP contribution in [0.3, 0.4) is 0 Å². The summed E-state index contributed by atoms with van der Waals surface area (Å²) in [6.07, 6.45) is 4.72. The van der Waals surface area contributed by atoms with Gasteiger partial charge in [0.15, 0.2) is 0 Å². The van der Waals surface area contributed by atoms with Crippen LogP contribution in [0.4, 0.5) is 5.69 Å². The van der Waals surface area contributed by atoms with Crippen LogP contribution in [-0.2, 0) is 4.79 Å². The first-order valence-corrected chi connectivity index (χ1v) is 10.8. The number of amides is 1. The molecule has 1 aliphatic carbocycles. The van der Waals surface area contributed by atoms with E-state index in [0.29, 0.717) is 12.3 Å². The Morgan fingerprint density at radius 3 is 2.45 bits per heavy atom. The topological polar surface area (TPSA) is 35.9 Å². The predicted octanol–water partition coefficient (Wildman–Crippen LogP) is 4.94. The number of benzene rings is 2. The lowest BCUT2D eigenvalue weighted by molar-refractivity contribution is -0.133. The molecule has 1 saturated carbocycles. The van der Waals surface area contributed by atoms with Crippen LogP contribution in [0.1, 0.15) is 48.8 Å². The van der Waals surface area contributed by atoms with Crippen LogP contribution in [0.15, 0.2) is 53.6 Å². The molecule has 4 heteroatoms. The third-order valence-corrected chi connectivity index (χ3v) is 6.00. The van der Waals surface area contributed by atoms with Crippen molar-refractivity contribution in [2.75, 3.05) is 18.5 Å². The highest BCUT2D eigenvalue weighted by Crippen LogP contribution is 2.40. The molecule has 152 valence electrons. The van der Waals surface area contributed by atoms with Gasteiger partial charge in [-0.1, -0.05) is 47.5 Å². The number of anilines is 1. The molecule has 0 N–H and O–H groups in total. The summed E-state index contributed by atoms with van der Waals surface area (Å²) < 4.78 is 0. The van der Waals surface area contributed by atoms with Crippen molar-refractivity contribution in [1.29, 1.82) is 0 Å². The van der Waals surface area contributed by atoms with Gasteiger partial charge in [-0.2, -0.15) is 5.10 Å². The molecule has 0 radical (unpaired) electrons. The fourth-order valence-corrected chi connectivity index (χ4v) is 4.33. The minimum absolute atomic E-state index is 0.169. The van der Waals surface area contributed by atoms with Gasteiger partial charge in [-0.05, 0) is 56.7 Å². The molecule has 2 aromatic carbocycles. The van der Waals surface area contributed by atoms with Gasteiger partial charge in [-0.25, -0.2) is 5.01 Å². The normalized spacial score (nSPS) is 18.7. The predicted molar refractivity (Wildman–Crippen MR) is 119 cm³/mol. The summed E-state index contributed by atoms with van der Waals surface area (Å²) in [5.74, 6) is 0.792. The zero-order valence-corrected chi connectivity index (χ0v) is 17.8. The van der Waals surface area contributed by atoms with Gasteiger partial charge in [0, 0.05) is 32.1 Å². The van der Waals surface area contributed by atoms with Crippen LogP contribution in [-0.4, -0.2) is 36.3 Å². The Kier molecular flexibility index (Phi) is 5.70. The Bertz CT molecular complexity index is 881. The molecule has 2 aromatic rings. The van der Waals surface area contributed by atoms with Crippen LogP contribution < -0.4 is 4.90 Å². The van der Waals surface area contributed by atoms with E-state index in [1.54, 1.807) is 0 Å². The molecule has 4 rings (SSSR count). The highest BCUT2D eigenvalue weighted by Gasteiger charge is 2.41.